The van der Waals surface area contributed by atoms with E-state index < -0.39 is 10.0 Å². The summed E-state index contributed by atoms with van der Waals surface area (Å²) >= 11 is 3.21. The Labute approximate surface area is 108 Å². The Balaban J connectivity index is 2.36. The molecule has 0 spiro atoms. The van der Waals surface area contributed by atoms with Crippen molar-refractivity contribution in [3.63, 3.8) is 0 Å². The first kappa shape index (κ1) is 12.1. The van der Waals surface area contributed by atoms with Gasteiger partial charge in [0.2, 0.25) is 0 Å². The van der Waals surface area contributed by atoms with Gasteiger partial charge in [-0.3, -0.25) is 9.71 Å². The van der Waals surface area contributed by atoms with Crippen LogP contribution >= 0.6 is 15.9 Å². The molecule has 0 aliphatic carbocycles. The topological polar surface area (TPSA) is 59.1 Å². The predicted molar refractivity (Wildman–Crippen MR) is 69.2 cm³/mol. The fraction of sp³-hybridized carbons (Fsp3) is 0. The third kappa shape index (κ3) is 2.83. The number of benzene rings is 1. The smallest absolute Gasteiger partial charge is 0.263 e. The minimum atomic E-state index is -3.57. The van der Waals surface area contributed by atoms with Crippen LogP contribution in [0.4, 0.5) is 5.69 Å². The molecule has 0 saturated heterocycles. The van der Waals surface area contributed by atoms with E-state index in [1.54, 1.807) is 30.3 Å². The Morgan fingerprint density at radius 3 is 2.35 bits per heavy atom. The van der Waals surface area contributed by atoms with Crippen LogP contribution in [0.15, 0.2) is 58.2 Å². The molecule has 0 radical (unpaired) electrons. The fourth-order valence-corrected chi connectivity index (χ4v) is 3.36. The predicted octanol–water partition coefficient (Wildman–Crippen LogP) is 2.64. The molecule has 2 rings (SSSR count). The van der Waals surface area contributed by atoms with Crippen molar-refractivity contribution in [2.24, 2.45) is 0 Å². The average molecular weight is 313 g/mol. The van der Waals surface area contributed by atoms with E-state index in [-0.39, 0.29) is 4.90 Å². The van der Waals surface area contributed by atoms with Crippen LogP contribution < -0.4 is 4.72 Å². The lowest BCUT2D eigenvalue weighted by Crippen LogP contribution is -2.13. The average Bonchev–Trinajstić information content (AvgIpc) is 2.30. The standard InChI is InChI=1S/C11H9BrN2O2S/c12-10-3-1-2-4-11(10)17(15,16)14-9-5-7-13-8-6-9/h1-8H,(H,13,14). The zero-order chi connectivity index (χ0) is 12.3. The molecule has 0 bridgehead atoms. The maximum Gasteiger partial charge on any atom is 0.263 e. The molecule has 0 aliphatic heterocycles. The number of aromatic nitrogens is 1. The Kier molecular flexibility index (Phi) is 3.44. The number of rotatable bonds is 3. The Bertz CT molecular complexity index is 614. The highest BCUT2D eigenvalue weighted by Crippen LogP contribution is 2.23. The van der Waals surface area contributed by atoms with Crippen molar-refractivity contribution in [2.45, 2.75) is 4.90 Å². The molecule has 17 heavy (non-hydrogen) atoms. The number of anilines is 1. The molecule has 88 valence electrons. The van der Waals surface area contributed by atoms with Gasteiger partial charge in [-0.2, -0.15) is 0 Å². The molecular formula is C11H9BrN2O2S. The first-order valence-electron chi connectivity index (χ1n) is 4.77. The van der Waals surface area contributed by atoms with Crippen LogP contribution in [-0.4, -0.2) is 13.4 Å². The van der Waals surface area contributed by atoms with Crippen LogP contribution in [0, 0.1) is 0 Å². The number of nitrogens with one attached hydrogen (secondary N) is 1. The van der Waals surface area contributed by atoms with Crippen molar-refractivity contribution in [1.82, 2.24) is 4.98 Å². The number of pyridine rings is 1. The number of hydrogen-bond donors (Lipinski definition) is 1. The minimum absolute atomic E-state index is 0.205. The second kappa shape index (κ2) is 4.85. The van der Waals surface area contributed by atoms with Crippen molar-refractivity contribution in [2.75, 3.05) is 4.72 Å². The van der Waals surface area contributed by atoms with E-state index in [2.05, 4.69) is 25.6 Å². The number of sulfonamides is 1. The molecule has 1 N–H and O–H groups in total. The zero-order valence-electron chi connectivity index (χ0n) is 8.67. The van der Waals surface area contributed by atoms with Gasteiger partial charge in [0.25, 0.3) is 10.0 Å². The van der Waals surface area contributed by atoms with Crippen LogP contribution in [0.2, 0.25) is 0 Å². The Morgan fingerprint density at radius 2 is 1.71 bits per heavy atom. The van der Waals surface area contributed by atoms with Crippen LogP contribution in [0.25, 0.3) is 0 Å². The zero-order valence-corrected chi connectivity index (χ0v) is 11.1. The number of nitrogens with zero attached hydrogens (tertiary/aromatic N) is 1. The van der Waals surface area contributed by atoms with Gasteiger partial charge < -0.3 is 0 Å². The molecule has 2 aromatic rings. The second-order valence-electron chi connectivity index (χ2n) is 3.27. The first-order valence-corrected chi connectivity index (χ1v) is 7.04. The molecule has 0 saturated carbocycles. The van der Waals surface area contributed by atoms with E-state index >= 15 is 0 Å². The first-order chi connectivity index (χ1) is 8.09. The lowest BCUT2D eigenvalue weighted by atomic mass is 10.4. The van der Waals surface area contributed by atoms with Gasteiger partial charge in [-0.25, -0.2) is 8.42 Å². The van der Waals surface area contributed by atoms with Crippen molar-refractivity contribution in [1.29, 1.82) is 0 Å². The molecule has 1 aromatic heterocycles. The second-order valence-corrected chi connectivity index (χ2v) is 5.78. The summed E-state index contributed by atoms with van der Waals surface area (Å²) in [7, 11) is -3.57. The van der Waals surface area contributed by atoms with Gasteiger partial charge in [0, 0.05) is 16.9 Å². The van der Waals surface area contributed by atoms with Crippen LogP contribution in [0.3, 0.4) is 0 Å². The largest absolute Gasteiger partial charge is 0.279 e. The Morgan fingerprint density at radius 1 is 1.06 bits per heavy atom. The fourth-order valence-electron chi connectivity index (χ4n) is 1.29. The maximum atomic E-state index is 12.1. The molecular weight excluding hydrogens is 304 g/mol. The molecule has 0 amide bonds. The van der Waals surface area contributed by atoms with Crippen molar-refractivity contribution in [3.8, 4) is 0 Å². The lowest BCUT2D eigenvalue weighted by Gasteiger charge is -2.08. The van der Waals surface area contributed by atoms with Gasteiger partial charge >= 0.3 is 0 Å². The molecule has 1 aromatic carbocycles. The summed E-state index contributed by atoms with van der Waals surface area (Å²) < 4.78 is 27.1. The van der Waals surface area contributed by atoms with Crippen LogP contribution in [0.5, 0.6) is 0 Å². The molecule has 1 heterocycles. The maximum absolute atomic E-state index is 12.1. The summed E-state index contributed by atoms with van der Waals surface area (Å²) in [5, 5.41) is 0. The monoisotopic (exact) mass is 312 g/mol. The molecule has 0 aliphatic rings. The summed E-state index contributed by atoms with van der Waals surface area (Å²) in [6.07, 6.45) is 3.05. The van der Waals surface area contributed by atoms with Gasteiger partial charge in [0.05, 0.1) is 5.69 Å². The third-order valence-electron chi connectivity index (χ3n) is 2.06. The van der Waals surface area contributed by atoms with E-state index in [0.29, 0.717) is 10.2 Å². The molecule has 4 nitrogen and oxygen atoms in total. The van der Waals surface area contributed by atoms with Gasteiger partial charge in [-0.15, -0.1) is 0 Å². The van der Waals surface area contributed by atoms with Crippen LogP contribution in [-0.2, 0) is 10.0 Å². The summed E-state index contributed by atoms with van der Waals surface area (Å²) in [5.74, 6) is 0. The summed E-state index contributed by atoms with van der Waals surface area (Å²) in [4.78, 5) is 4.03. The summed E-state index contributed by atoms with van der Waals surface area (Å²) in [6.45, 7) is 0. The number of halogens is 1. The van der Waals surface area contributed by atoms with Gasteiger partial charge in [-0.05, 0) is 40.2 Å². The minimum Gasteiger partial charge on any atom is -0.279 e. The third-order valence-corrected chi connectivity index (χ3v) is 4.45. The highest BCUT2D eigenvalue weighted by molar-refractivity contribution is 9.10. The quantitative estimate of drug-likeness (QED) is 0.947. The van der Waals surface area contributed by atoms with E-state index in [0.717, 1.165) is 0 Å². The molecule has 0 fully saturated rings. The normalized spacial score (nSPS) is 11.1. The van der Waals surface area contributed by atoms with Crippen molar-refractivity contribution >= 4 is 31.6 Å². The van der Waals surface area contributed by atoms with E-state index in [1.807, 2.05) is 0 Å². The Hall–Kier alpha value is -1.40. The molecule has 0 atom stereocenters. The molecule has 6 heteroatoms. The highest BCUT2D eigenvalue weighted by atomic mass is 79.9. The summed E-state index contributed by atoms with van der Waals surface area (Å²) in [5.41, 5.74) is 0.482. The van der Waals surface area contributed by atoms with Gasteiger partial charge in [0.15, 0.2) is 0 Å². The van der Waals surface area contributed by atoms with E-state index in [9.17, 15) is 8.42 Å². The van der Waals surface area contributed by atoms with E-state index in [4.69, 9.17) is 0 Å². The molecule has 0 unspecified atom stereocenters. The van der Waals surface area contributed by atoms with Gasteiger partial charge in [-0.1, -0.05) is 12.1 Å². The lowest BCUT2D eigenvalue weighted by molar-refractivity contribution is 0.601. The van der Waals surface area contributed by atoms with Gasteiger partial charge in [0.1, 0.15) is 4.90 Å². The highest BCUT2D eigenvalue weighted by Gasteiger charge is 2.16. The van der Waals surface area contributed by atoms with Crippen LogP contribution in [0.1, 0.15) is 0 Å². The van der Waals surface area contributed by atoms with Crippen molar-refractivity contribution < 1.29 is 8.42 Å². The summed E-state index contributed by atoms with van der Waals surface area (Å²) in [6, 6.07) is 9.83. The number of hydrogen-bond acceptors (Lipinski definition) is 3. The van der Waals surface area contributed by atoms with E-state index in [1.165, 1.54) is 18.5 Å². The SMILES string of the molecule is O=S(=O)(Nc1ccncc1)c1ccccc1Br. The van der Waals surface area contributed by atoms with Crippen molar-refractivity contribution in [3.05, 3.63) is 53.3 Å².